The van der Waals surface area contributed by atoms with Gasteiger partial charge >= 0.3 is 0 Å². The molecule has 1 aliphatic heterocycles. The van der Waals surface area contributed by atoms with Crippen molar-refractivity contribution in [3.63, 3.8) is 0 Å². The van der Waals surface area contributed by atoms with Crippen LogP contribution in [0.1, 0.15) is 5.01 Å². The van der Waals surface area contributed by atoms with Gasteiger partial charge in [-0.2, -0.15) is 0 Å². The number of nitrogens with one attached hydrogen (secondary N) is 2. The van der Waals surface area contributed by atoms with Crippen molar-refractivity contribution in [2.75, 3.05) is 13.1 Å². The van der Waals surface area contributed by atoms with Gasteiger partial charge in [-0.05, 0) is 6.08 Å². The fourth-order valence-corrected chi connectivity index (χ4v) is 1.63. The van der Waals surface area contributed by atoms with E-state index in [1.165, 1.54) is 17.4 Å². The predicted octanol–water partition coefficient (Wildman–Crippen LogP) is 1.09. The number of hydrogen-bond donors (Lipinski definition) is 2. The lowest BCUT2D eigenvalue weighted by Crippen LogP contribution is -2.56. The molecule has 0 bridgehead atoms. The van der Waals surface area contributed by atoms with Gasteiger partial charge in [0.05, 0.1) is 6.04 Å². The summed E-state index contributed by atoms with van der Waals surface area (Å²) in [5.41, 5.74) is 0. The van der Waals surface area contributed by atoms with Crippen LogP contribution < -0.4 is 10.6 Å². The van der Waals surface area contributed by atoms with Crippen LogP contribution in [-0.4, -0.2) is 30.0 Å². The molecule has 1 saturated heterocycles. The summed E-state index contributed by atoms with van der Waals surface area (Å²) in [7, 11) is 0. The second-order valence-electron chi connectivity index (χ2n) is 3.07. The van der Waals surface area contributed by atoms with Crippen molar-refractivity contribution in [2.24, 2.45) is 0 Å². The van der Waals surface area contributed by atoms with Crippen molar-refractivity contribution in [1.82, 2.24) is 15.6 Å². The fourth-order valence-electron chi connectivity index (χ4n) is 1.10. The minimum absolute atomic E-state index is 0. The number of amides is 1. The summed E-state index contributed by atoms with van der Waals surface area (Å²) in [4.78, 5) is 15.3. The predicted molar refractivity (Wildman–Crippen MR) is 70.4 cm³/mol. The third kappa shape index (κ3) is 4.49. The molecule has 0 aliphatic carbocycles. The molecular weight excluding hydrogens is 269 g/mol. The first-order valence-corrected chi connectivity index (χ1v) is 5.31. The Kier molecular flexibility index (Phi) is 7.33. The van der Waals surface area contributed by atoms with Gasteiger partial charge in [0, 0.05) is 30.7 Å². The van der Waals surface area contributed by atoms with Crippen molar-refractivity contribution in [3.8, 4) is 0 Å². The van der Waals surface area contributed by atoms with Crippen LogP contribution in [0.2, 0.25) is 0 Å². The van der Waals surface area contributed by atoms with Crippen LogP contribution in [0.4, 0.5) is 0 Å². The van der Waals surface area contributed by atoms with Crippen LogP contribution in [0, 0.1) is 0 Å². The molecule has 1 fully saturated rings. The highest BCUT2D eigenvalue weighted by atomic mass is 35.5. The molecule has 7 heteroatoms. The number of aromatic nitrogens is 1. The zero-order chi connectivity index (χ0) is 9.80. The van der Waals surface area contributed by atoms with Gasteiger partial charge in [0.1, 0.15) is 5.01 Å². The summed E-state index contributed by atoms with van der Waals surface area (Å²) in [6.07, 6.45) is 4.97. The number of rotatable bonds is 3. The molecule has 0 atom stereocenters. The van der Waals surface area contributed by atoms with E-state index in [9.17, 15) is 4.79 Å². The van der Waals surface area contributed by atoms with Gasteiger partial charge in [0.2, 0.25) is 5.91 Å². The van der Waals surface area contributed by atoms with Crippen LogP contribution in [-0.2, 0) is 4.79 Å². The van der Waals surface area contributed by atoms with E-state index in [0.717, 1.165) is 18.1 Å². The maximum atomic E-state index is 11.3. The summed E-state index contributed by atoms with van der Waals surface area (Å²) < 4.78 is 0. The quantitative estimate of drug-likeness (QED) is 0.816. The largest absolute Gasteiger partial charge is 0.347 e. The number of carbonyl (C=O) groups is 1. The Morgan fingerprint density at radius 2 is 2.31 bits per heavy atom. The van der Waals surface area contributed by atoms with Crippen LogP contribution in [0.25, 0.3) is 6.08 Å². The summed E-state index contributed by atoms with van der Waals surface area (Å²) in [6, 6.07) is 0.295. The van der Waals surface area contributed by atoms with Crippen molar-refractivity contribution >= 4 is 48.1 Å². The van der Waals surface area contributed by atoms with E-state index >= 15 is 0 Å². The second kappa shape index (κ2) is 7.62. The Labute approximate surface area is 110 Å². The standard InChI is InChI=1S/C9H11N3OS.2ClH/c13-8(12-7-5-10-6-7)1-2-9-11-3-4-14-9;;/h1-4,7,10H,5-6H2,(H,12,13);2*1H/b2-1+;;. The average Bonchev–Trinajstić information content (AvgIpc) is 2.60. The minimum Gasteiger partial charge on any atom is -0.347 e. The molecular formula is C9H13Cl2N3OS. The first kappa shape index (κ1) is 15.4. The fraction of sp³-hybridized carbons (Fsp3) is 0.333. The summed E-state index contributed by atoms with van der Waals surface area (Å²) in [5, 5.41) is 8.69. The first-order valence-electron chi connectivity index (χ1n) is 4.43. The number of thiazole rings is 1. The average molecular weight is 282 g/mol. The zero-order valence-electron chi connectivity index (χ0n) is 8.38. The minimum atomic E-state index is -0.0494. The first-order chi connectivity index (χ1) is 6.84. The molecule has 2 N–H and O–H groups in total. The van der Waals surface area contributed by atoms with Gasteiger partial charge < -0.3 is 10.6 Å². The molecule has 2 rings (SSSR count). The highest BCUT2D eigenvalue weighted by molar-refractivity contribution is 7.10. The Hall–Kier alpha value is -0.620. The smallest absolute Gasteiger partial charge is 0.244 e. The van der Waals surface area contributed by atoms with Gasteiger partial charge in [-0.15, -0.1) is 36.2 Å². The monoisotopic (exact) mass is 281 g/mol. The molecule has 1 aliphatic rings. The number of nitrogens with zero attached hydrogens (tertiary/aromatic N) is 1. The van der Waals surface area contributed by atoms with Gasteiger partial charge in [-0.25, -0.2) is 4.98 Å². The SMILES string of the molecule is Cl.Cl.O=C(/C=C/c1nccs1)NC1CNC1. The highest BCUT2D eigenvalue weighted by Gasteiger charge is 2.17. The molecule has 1 aromatic rings. The number of hydrogen-bond acceptors (Lipinski definition) is 4. The van der Waals surface area contributed by atoms with E-state index < -0.39 is 0 Å². The Morgan fingerprint density at radius 3 is 2.81 bits per heavy atom. The van der Waals surface area contributed by atoms with Gasteiger partial charge in [-0.3, -0.25) is 4.79 Å². The molecule has 0 aromatic carbocycles. The Morgan fingerprint density at radius 1 is 1.56 bits per heavy atom. The van der Waals surface area contributed by atoms with Crippen LogP contribution in [0.15, 0.2) is 17.7 Å². The van der Waals surface area contributed by atoms with Crippen molar-refractivity contribution < 1.29 is 4.79 Å². The van der Waals surface area contributed by atoms with Crippen molar-refractivity contribution in [2.45, 2.75) is 6.04 Å². The molecule has 2 heterocycles. The van der Waals surface area contributed by atoms with E-state index in [1.807, 2.05) is 5.38 Å². The molecule has 0 unspecified atom stereocenters. The molecule has 0 spiro atoms. The van der Waals surface area contributed by atoms with Crippen molar-refractivity contribution in [1.29, 1.82) is 0 Å². The number of carbonyl (C=O) groups excluding carboxylic acids is 1. The van der Waals surface area contributed by atoms with Gasteiger partial charge in [0.15, 0.2) is 0 Å². The molecule has 16 heavy (non-hydrogen) atoms. The molecule has 4 nitrogen and oxygen atoms in total. The van der Waals surface area contributed by atoms with E-state index in [2.05, 4.69) is 15.6 Å². The van der Waals surface area contributed by atoms with E-state index in [-0.39, 0.29) is 30.7 Å². The van der Waals surface area contributed by atoms with Crippen LogP contribution >= 0.6 is 36.2 Å². The maximum Gasteiger partial charge on any atom is 0.244 e. The van der Waals surface area contributed by atoms with Crippen LogP contribution in [0.5, 0.6) is 0 Å². The highest BCUT2D eigenvalue weighted by Crippen LogP contribution is 2.05. The lowest BCUT2D eigenvalue weighted by molar-refractivity contribution is -0.117. The lowest BCUT2D eigenvalue weighted by atomic mass is 10.2. The van der Waals surface area contributed by atoms with E-state index in [4.69, 9.17) is 0 Å². The summed E-state index contributed by atoms with van der Waals surface area (Å²) in [5.74, 6) is -0.0494. The van der Waals surface area contributed by atoms with E-state index in [0.29, 0.717) is 6.04 Å². The molecule has 90 valence electrons. The molecule has 1 amide bonds. The summed E-state index contributed by atoms with van der Waals surface area (Å²) in [6.45, 7) is 1.74. The lowest BCUT2D eigenvalue weighted by Gasteiger charge is -2.27. The summed E-state index contributed by atoms with van der Waals surface area (Å²) >= 11 is 1.51. The topological polar surface area (TPSA) is 54.0 Å². The Balaban J connectivity index is 0.00000112. The third-order valence-electron chi connectivity index (χ3n) is 1.96. The Bertz CT molecular complexity index is 339. The van der Waals surface area contributed by atoms with Gasteiger partial charge in [-0.1, -0.05) is 0 Å². The third-order valence-corrected chi connectivity index (χ3v) is 2.70. The molecule has 0 saturated carbocycles. The van der Waals surface area contributed by atoms with Gasteiger partial charge in [0.25, 0.3) is 0 Å². The molecule has 1 aromatic heterocycles. The van der Waals surface area contributed by atoms with E-state index in [1.54, 1.807) is 12.3 Å². The maximum absolute atomic E-state index is 11.3. The number of halogens is 2. The van der Waals surface area contributed by atoms with Crippen molar-refractivity contribution in [3.05, 3.63) is 22.7 Å². The van der Waals surface area contributed by atoms with Crippen LogP contribution in [0.3, 0.4) is 0 Å². The molecule has 0 radical (unpaired) electrons. The second-order valence-corrected chi connectivity index (χ2v) is 3.99. The zero-order valence-corrected chi connectivity index (χ0v) is 10.8. The normalized spacial score (nSPS) is 14.8.